The molecule has 0 spiro atoms. The maximum atomic E-state index is 12.1. The number of amides is 1. The van der Waals surface area contributed by atoms with E-state index in [4.69, 9.17) is 4.98 Å². The molecule has 0 fully saturated rings. The third-order valence-corrected chi connectivity index (χ3v) is 5.68. The van der Waals surface area contributed by atoms with Crippen molar-refractivity contribution >= 4 is 45.3 Å². The molecule has 4 heterocycles. The van der Waals surface area contributed by atoms with Crippen molar-refractivity contribution < 1.29 is 4.79 Å². The number of imidazole rings is 1. The van der Waals surface area contributed by atoms with Gasteiger partial charge in [0.1, 0.15) is 11.2 Å². The molecular formula is C26H24N8O. The lowest BCUT2D eigenvalue weighted by Crippen LogP contribution is -2.17. The van der Waals surface area contributed by atoms with E-state index in [0.717, 1.165) is 44.2 Å². The number of nitrogens with one attached hydrogen (secondary N) is 3. The summed E-state index contributed by atoms with van der Waals surface area (Å²) in [6.45, 7) is 7.77. The number of carbonyl (C=O) groups excluding carboxylic acids is 1. The van der Waals surface area contributed by atoms with Crippen LogP contribution in [-0.2, 0) is 4.79 Å². The van der Waals surface area contributed by atoms with Crippen LogP contribution in [0.3, 0.4) is 0 Å². The number of pyridine rings is 2. The molecule has 0 bridgehead atoms. The number of carbonyl (C=O) groups is 1. The molecule has 5 aromatic rings. The van der Waals surface area contributed by atoms with E-state index in [2.05, 4.69) is 42.0 Å². The maximum Gasteiger partial charge on any atom is 0.226 e. The summed E-state index contributed by atoms with van der Waals surface area (Å²) < 4.78 is 0. The van der Waals surface area contributed by atoms with Gasteiger partial charge >= 0.3 is 0 Å². The molecule has 0 atom stereocenters. The van der Waals surface area contributed by atoms with Crippen molar-refractivity contribution in [1.82, 2.24) is 30.1 Å². The van der Waals surface area contributed by atoms with E-state index < -0.39 is 0 Å². The highest BCUT2D eigenvalue weighted by Gasteiger charge is 2.16. The number of H-pyrrole nitrogens is 2. The number of nitrogens with zero attached hydrogens (tertiary/aromatic N) is 5. The van der Waals surface area contributed by atoms with Gasteiger partial charge in [-0.1, -0.05) is 26.5 Å². The molecule has 0 unspecified atom stereocenters. The van der Waals surface area contributed by atoms with Crippen LogP contribution in [0.15, 0.2) is 60.6 Å². The van der Waals surface area contributed by atoms with Gasteiger partial charge in [-0.15, -0.1) is 0 Å². The molecule has 5 rings (SSSR count). The number of hydrogen-bond acceptors (Lipinski definition) is 6. The number of aliphatic imine (C=N–C) groups is 1. The highest BCUT2D eigenvalue weighted by Crippen LogP contribution is 2.32. The first-order valence-corrected chi connectivity index (χ1v) is 11.1. The number of benzene rings is 1. The zero-order valence-electron chi connectivity index (χ0n) is 19.6. The van der Waals surface area contributed by atoms with Gasteiger partial charge in [-0.2, -0.15) is 5.10 Å². The van der Waals surface area contributed by atoms with E-state index in [1.165, 1.54) is 0 Å². The molecule has 0 aliphatic heterocycles. The van der Waals surface area contributed by atoms with Crippen LogP contribution in [-0.4, -0.2) is 49.3 Å². The molecule has 174 valence electrons. The molecule has 35 heavy (non-hydrogen) atoms. The summed E-state index contributed by atoms with van der Waals surface area (Å²) in [6.07, 6.45) is 8.56. The van der Waals surface area contributed by atoms with E-state index >= 15 is 0 Å². The average Bonchev–Trinajstić information content (AvgIpc) is 3.47. The first kappa shape index (κ1) is 22.1. The van der Waals surface area contributed by atoms with E-state index in [1.807, 2.05) is 38.1 Å². The number of fused-ring (bicyclic) bond motifs is 2. The normalized spacial score (nSPS) is 11.7. The van der Waals surface area contributed by atoms with Crippen LogP contribution < -0.4 is 5.32 Å². The first-order valence-electron chi connectivity index (χ1n) is 11.1. The van der Waals surface area contributed by atoms with Crippen molar-refractivity contribution in [2.45, 2.75) is 13.8 Å². The second-order valence-electron chi connectivity index (χ2n) is 8.52. The molecule has 0 radical (unpaired) electrons. The summed E-state index contributed by atoms with van der Waals surface area (Å²) >= 11 is 0. The number of hydrogen-bond donors (Lipinski definition) is 3. The fraction of sp³-hybridized carbons (Fsp3) is 0.154. The molecule has 0 saturated carbocycles. The second kappa shape index (κ2) is 8.94. The molecule has 9 heteroatoms. The van der Waals surface area contributed by atoms with Crippen molar-refractivity contribution in [2.75, 3.05) is 12.4 Å². The van der Waals surface area contributed by atoms with Gasteiger partial charge < -0.3 is 10.3 Å². The Bertz CT molecular complexity index is 1610. The number of aromatic nitrogens is 6. The lowest BCUT2D eigenvalue weighted by atomic mass is 10.0. The number of aromatic amines is 2. The Morgan fingerprint density at radius 1 is 1.09 bits per heavy atom. The van der Waals surface area contributed by atoms with Gasteiger partial charge in [0.15, 0.2) is 5.82 Å². The van der Waals surface area contributed by atoms with Gasteiger partial charge in [0.2, 0.25) is 5.91 Å². The van der Waals surface area contributed by atoms with Crippen LogP contribution in [0, 0.1) is 5.92 Å². The summed E-state index contributed by atoms with van der Waals surface area (Å²) in [7, 11) is 1.70. The summed E-state index contributed by atoms with van der Waals surface area (Å²) in [4.78, 5) is 32.9. The number of allylic oxidation sites excluding steroid dienone is 1. The van der Waals surface area contributed by atoms with Gasteiger partial charge in [-0.05, 0) is 29.3 Å². The molecule has 0 aliphatic carbocycles. The third-order valence-electron chi connectivity index (χ3n) is 5.68. The second-order valence-corrected chi connectivity index (χ2v) is 8.52. The standard InChI is InChI=1S/C26H24N8O/c1-14(2)26(35)30-18-7-17(10-28-11-18)16-5-6-21-19(8-16)24(34-33-21)25-31-22-13-29-12-20(23(22)32-25)15(3)9-27-4/h5-14H,3H2,1-2,4H3,(H,30,35)(H,31,32)(H,33,34). The Labute approximate surface area is 201 Å². The number of rotatable bonds is 6. The molecule has 0 saturated heterocycles. The largest absolute Gasteiger partial charge is 0.335 e. The van der Waals surface area contributed by atoms with Crippen molar-refractivity contribution in [3.05, 3.63) is 61.2 Å². The minimum atomic E-state index is -0.116. The summed E-state index contributed by atoms with van der Waals surface area (Å²) in [5, 5.41) is 11.4. The Kier molecular flexibility index (Phi) is 5.66. The highest BCUT2D eigenvalue weighted by molar-refractivity contribution is 6.13. The van der Waals surface area contributed by atoms with E-state index in [1.54, 1.807) is 38.0 Å². The van der Waals surface area contributed by atoms with Gasteiger partial charge in [0.05, 0.1) is 29.1 Å². The highest BCUT2D eigenvalue weighted by atomic mass is 16.1. The quantitative estimate of drug-likeness (QED) is 0.309. The lowest BCUT2D eigenvalue weighted by molar-refractivity contribution is -0.118. The van der Waals surface area contributed by atoms with E-state index in [9.17, 15) is 4.79 Å². The zero-order valence-corrected chi connectivity index (χ0v) is 19.6. The summed E-state index contributed by atoms with van der Waals surface area (Å²) in [5.74, 6) is 0.451. The first-order chi connectivity index (χ1) is 16.9. The average molecular weight is 465 g/mol. The minimum absolute atomic E-state index is 0.0526. The monoisotopic (exact) mass is 464 g/mol. The maximum absolute atomic E-state index is 12.1. The Hall–Kier alpha value is -4.66. The molecule has 9 nitrogen and oxygen atoms in total. The Balaban J connectivity index is 1.56. The Morgan fingerprint density at radius 3 is 2.71 bits per heavy atom. The van der Waals surface area contributed by atoms with Crippen molar-refractivity contribution in [2.24, 2.45) is 10.9 Å². The predicted octanol–water partition coefficient (Wildman–Crippen LogP) is 4.87. The van der Waals surface area contributed by atoms with E-state index in [0.29, 0.717) is 17.2 Å². The lowest BCUT2D eigenvalue weighted by Gasteiger charge is -2.09. The fourth-order valence-electron chi connectivity index (χ4n) is 3.83. The van der Waals surface area contributed by atoms with Crippen LogP contribution in [0.5, 0.6) is 0 Å². The van der Waals surface area contributed by atoms with Crippen LogP contribution in [0.1, 0.15) is 19.4 Å². The molecule has 1 aromatic carbocycles. The van der Waals surface area contributed by atoms with Crippen LogP contribution in [0.2, 0.25) is 0 Å². The molecule has 3 N–H and O–H groups in total. The van der Waals surface area contributed by atoms with Crippen LogP contribution in [0.25, 0.3) is 50.2 Å². The molecular weight excluding hydrogens is 440 g/mol. The fourth-order valence-corrected chi connectivity index (χ4v) is 3.83. The molecule has 0 aliphatic rings. The number of anilines is 1. The van der Waals surface area contributed by atoms with Crippen LogP contribution >= 0.6 is 0 Å². The smallest absolute Gasteiger partial charge is 0.226 e. The minimum Gasteiger partial charge on any atom is -0.335 e. The van der Waals surface area contributed by atoms with Crippen molar-refractivity contribution in [1.29, 1.82) is 0 Å². The summed E-state index contributed by atoms with van der Waals surface area (Å²) in [6, 6.07) is 7.91. The van der Waals surface area contributed by atoms with Gasteiger partial charge in [0.25, 0.3) is 0 Å². The van der Waals surface area contributed by atoms with Gasteiger partial charge in [0, 0.05) is 48.1 Å². The topological polar surface area (TPSA) is 125 Å². The molecule has 4 aromatic heterocycles. The zero-order chi connectivity index (χ0) is 24.5. The van der Waals surface area contributed by atoms with Gasteiger partial charge in [-0.25, -0.2) is 4.98 Å². The van der Waals surface area contributed by atoms with Crippen molar-refractivity contribution in [3.63, 3.8) is 0 Å². The third kappa shape index (κ3) is 4.19. The SMILES string of the molecule is C=C(C=NC)c1cncc2[nH]c(-c3n[nH]c4ccc(-c5cncc(NC(=O)C(C)C)c5)cc34)nc12. The predicted molar refractivity (Wildman–Crippen MR) is 139 cm³/mol. The Morgan fingerprint density at radius 2 is 1.91 bits per heavy atom. The van der Waals surface area contributed by atoms with E-state index in [-0.39, 0.29) is 11.8 Å². The van der Waals surface area contributed by atoms with Crippen molar-refractivity contribution in [3.8, 4) is 22.6 Å². The van der Waals surface area contributed by atoms with Crippen LogP contribution in [0.4, 0.5) is 5.69 Å². The molecule has 1 amide bonds. The summed E-state index contributed by atoms with van der Waals surface area (Å²) in [5.41, 5.74) is 7.13. The van der Waals surface area contributed by atoms with Gasteiger partial charge in [-0.3, -0.25) is 24.9 Å².